The van der Waals surface area contributed by atoms with Gasteiger partial charge in [0, 0.05) is 0 Å². The Balaban J connectivity index is 1.79. The number of nitrogens with one attached hydrogen (secondary N) is 1. The zero-order valence-electron chi connectivity index (χ0n) is 13.6. The van der Waals surface area contributed by atoms with Gasteiger partial charge >= 0.3 is 5.69 Å². The molecular weight excluding hydrogens is 340 g/mol. The zero-order chi connectivity index (χ0) is 17.4. The van der Waals surface area contributed by atoms with Crippen LogP contribution >= 0.6 is 11.3 Å². The molecule has 3 heterocycles. The Bertz CT molecular complexity index is 1150. The van der Waals surface area contributed by atoms with Crippen molar-refractivity contribution in [2.75, 3.05) is 6.61 Å². The van der Waals surface area contributed by atoms with Gasteiger partial charge in [-0.3, -0.25) is 9.36 Å². The van der Waals surface area contributed by atoms with Gasteiger partial charge in [-0.1, -0.05) is 19.1 Å². The number of nitrogens with zero attached hydrogens (tertiary/aromatic N) is 3. The van der Waals surface area contributed by atoms with Crippen molar-refractivity contribution in [2.24, 2.45) is 0 Å². The number of hydrogen-bond donors (Lipinski definition) is 1. The largest absolute Gasteiger partial charge is 0.494 e. The van der Waals surface area contributed by atoms with E-state index in [2.05, 4.69) is 17.1 Å². The van der Waals surface area contributed by atoms with Crippen molar-refractivity contribution in [3.63, 3.8) is 0 Å². The van der Waals surface area contributed by atoms with Gasteiger partial charge < -0.3 is 4.74 Å². The van der Waals surface area contributed by atoms with E-state index in [0.717, 1.165) is 17.7 Å². The standard InChI is InChI=1S/C17H16N4O3S/c1-2-8-24-12-5-3-11(4-6-12)10-20-15(22)14-13(7-9-25-14)21-16(20)18-19-17(21)23/h3-7,9H,2,8,10H2,1H3,(H,19,23). The summed E-state index contributed by atoms with van der Waals surface area (Å²) in [5, 5.41) is 8.26. The van der Waals surface area contributed by atoms with Gasteiger partial charge in [-0.2, -0.15) is 0 Å². The first-order chi connectivity index (χ1) is 12.2. The fourth-order valence-corrected chi connectivity index (χ4v) is 3.60. The second-order valence-corrected chi connectivity index (χ2v) is 6.60. The van der Waals surface area contributed by atoms with Gasteiger partial charge in [0.2, 0.25) is 5.78 Å². The van der Waals surface area contributed by atoms with Crippen molar-refractivity contribution < 1.29 is 4.74 Å². The predicted molar refractivity (Wildman–Crippen MR) is 96.8 cm³/mol. The third kappa shape index (κ3) is 2.64. The lowest BCUT2D eigenvalue weighted by atomic mass is 10.2. The van der Waals surface area contributed by atoms with Crippen LogP contribution in [-0.4, -0.2) is 25.8 Å². The number of thiophene rings is 1. The maximum absolute atomic E-state index is 12.8. The first-order valence-corrected chi connectivity index (χ1v) is 8.86. The highest BCUT2D eigenvalue weighted by Gasteiger charge is 2.15. The molecule has 25 heavy (non-hydrogen) atoms. The highest BCUT2D eigenvalue weighted by atomic mass is 32.1. The molecule has 1 aromatic carbocycles. The first-order valence-electron chi connectivity index (χ1n) is 7.98. The number of rotatable bonds is 5. The van der Waals surface area contributed by atoms with Crippen molar-refractivity contribution in [3.05, 3.63) is 62.1 Å². The van der Waals surface area contributed by atoms with E-state index in [-0.39, 0.29) is 11.2 Å². The summed E-state index contributed by atoms with van der Waals surface area (Å²) in [5.74, 6) is 1.11. The number of aromatic amines is 1. The average Bonchev–Trinajstić information content (AvgIpc) is 3.24. The van der Waals surface area contributed by atoms with Crippen molar-refractivity contribution in [2.45, 2.75) is 19.9 Å². The Morgan fingerprint density at radius 3 is 2.76 bits per heavy atom. The van der Waals surface area contributed by atoms with Gasteiger partial charge in [0.05, 0.1) is 18.7 Å². The van der Waals surface area contributed by atoms with Crippen LogP contribution < -0.4 is 16.0 Å². The summed E-state index contributed by atoms with van der Waals surface area (Å²) in [6.07, 6.45) is 0.948. The summed E-state index contributed by atoms with van der Waals surface area (Å²) < 4.78 is 9.06. The van der Waals surface area contributed by atoms with Gasteiger partial charge in [-0.15, -0.1) is 16.4 Å². The molecule has 0 amide bonds. The van der Waals surface area contributed by atoms with Crippen LogP contribution in [-0.2, 0) is 6.54 Å². The highest BCUT2D eigenvalue weighted by molar-refractivity contribution is 7.17. The second kappa shape index (κ2) is 6.21. The molecule has 0 aliphatic rings. The van der Waals surface area contributed by atoms with Crippen LogP contribution in [0.3, 0.4) is 0 Å². The van der Waals surface area contributed by atoms with Gasteiger partial charge in [0.1, 0.15) is 10.4 Å². The minimum atomic E-state index is -0.351. The maximum Gasteiger partial charge on any atom is 0.349 e. The number of aromatic nitrogens is 4. The Morgan fingerprint density at radius 1 is 1.20 bits per heavy atom. The van der Waals surface area contributed by atoms with E-state index in [1.165, 1.54) is 20.3 Å². The molecule has 7 nitrogen and oxygen atoms in total. The van der Waals surface area contributed by atoms with E-state index in [1.807, 2.05) is 24.3 Å². The number of benzene rings is 1. The van der Waals surface area contributed by atoms with Crippen LogP contribution in [0.15, 0.2) is 45.3 Å². The van der Waals surface area contributed by atoms with E-state index >= 15 is 0 Å². The molecule has 0 aliphatic carbocycles. The molecule has 128 valence electrons. The van der Waals surface area contributed by atoms with Crippen LogP contribution in [0, 0.1) is 0 Å². The summed E-state index contributed by atoms with van der Waals surface area (Å²) in [4.78, 5) is 24.9. The normalized spacial score (nSPS) is 11.4. The summed E-state index contributed by atoms with van der Waals surface area (Å²) in [6, 6.07) is 9.35. The van der Waals surface area contributed by atoms with Crippen LogP contribution in [0.4, 0.5) is 0 Å². The molecule has 0 atom stereocenters. The Hall–Kier alpha value is -2.87. The summed E-state index contributed by atoms with van der Waals surface area (Å²) >= 11 is 1.32. The number of H-pyrrole nitrogens is 1. The lowest BCUT2D eigenvalue weighted by Crippen LogP contribution is -2.25. The number of ether oxygens (including phenoxy) is 1. The summed E-state index contributed by atoms with van der Waals surface area (Å²) in [5.41, 5.74) is 1.01. The van der Waals surface area contributed by atoms with Crippen LogP contribution in [0.2, 0.25) is 0 Å². The van der Waals surface area contributed by atoms with Crippen LogP contribution in [0.5, 0.6) is 5.75 Å². The second-order valence-electron chi connectivity index (χ2n) is 5.68. The number of fused-ring (bicyclic) bond motifs is 3. The van der Waals surface area contributed by atoms with Crippen LogP contribution in [0.25, 0.3) is 16.0 Å². The predicted octanol–water partition coefficient (Wildman–Crippen LogP) is 2.24. The van der Waals surface area contributed by atoms with Gasteiger partial charge in [-0.25, -0.2) is 14.3 Å². The topological polar surface area (TPSA) is 81.4 Å². The van der Waals surface area contributed by atoms with Crippen molar-refractivity contribution in [1.29, 1.82) is 0 Å². The quantitative estimate of drug-likeness (QED) is 0.595. The third-order valence-electron chi connectivity index (χ3n) is 3.96. The molecule has 0 aliphatic heterocycles. The molecule has 3 aromatic heterocycles. The smallest absolute Gasteiger partial charge is 0.349 e. The lowest BCUT2D eigenvalue weighted by Gasteiger charge is -2.09. The highest BCUT2D eigenvalue weighted by Crippen LogP contribution is 2.18. The zero-order valence-corrected chi connectivity index (χ0v) is 14.4. The van der Waals surface area contributed by atoms with E-state index in [9.17, 15) is 9.59 Å². The Kier molecular flexibility index (Phi) is 3.89. The number of hydrogen-bond acceptors (Lipinski definition) is 5. The summed E-state index contributed by atoms with van der Waals surface area (Å²) in [6.45, 7) is 3.05. The van der Waals surface area contributed by atoms with Crippen LogP contribution in [0.1, 0.15) is 18.9 Å². The molecule has 0 saturated heterocycles. The molecule has 4 aromatic rings. The molecule has 0 saturated carbocycles. The maximum atomic E-state index is 12.8. The lowest BCUT2D eigenvalue weighted by molar-refractivity contribution is 0.317. The van der Waals surface area contributed by atoms with E-state index < -0.39 is 0 Å². The fourth-order valence-electron chi connectivity index (χ4n) is 2.77. The molecule has 4 rings (SSSR count). The van der Waals surface area contributed by atoms with E-state index in [1.54, 1.807) is 11.4 Å². The average molecular weight is 356 g/mol. The van der Waals surface area contributed by atoms with E-state index in [0.29, 0.717) is 29.1 Å². The summed E-state index contributed by atoms with van der Waals surface area (Å²) in [7, 11) is 0. The van der Waals surface area contributed by atoms with Gasteiger partial charge in [0.25, 0.3) is 5.56 Å². The van der Waals surface area contributed by atoms with Gasteiger partial charge in [0.15, 0.2) is 0 Å². The van der Waals surface area contributed by atoms with Crippen molar-refractivity contribution in [3.8, 4) is 5.75 Å². The first kappa shape index (κ1) is 15.6. The fraction of sp³-hybridized carbons (Fsp3) is 0.235. The van der Waals surface area contributed by atoms with Crippen molar-refractivity contribution in [1.82, 2.24) is 19.2 Å². The molecular formula is C17H16N4O3S. The molecule has 0 unspecified atom stereocenters. The monoisotopic (exact) mass is 356 g/mol. The van der Waals surface area contributed by atoms with Gasteiger partial charge in [-0.05, 0) is 35.6 Å². The van der Waals surface area contributed by atoms with E-state index in [4.69, 9.17) is 4.74 Å². The Morgan fingerprint density at radius 2 is 2.00 bits per heavy atom. The third-order valence-corrected chi connectivity index (χ3v) is 4.85. The molecule has 1 N–H and O–H groups in total. The molecule has 0 radical (unpaired) electrons. The minimum absolute atomic E-state index is 0.150. The van der Waals surface area contributed by atoms with Crippen molar-refractivity contribution >= 4 is 27.3 Å². The molecule has 0 fully saturated rings. The Labute approximate surface area is 146 Å². The molecule has 8 heteroatoms. The molecule has 0 spiro atoms. The minimum Gasteiger partial charge on any atom is -0.494 e. The molecule has 0 bridgehead atoms. The SMILES string of the molecule is CCCOc1ccc(Cn2c(=O)c3sccc3n3c(=O)[nH]nc23)cc1.